The number of nitrogens with one attached hydrogen (secondary N) is 1. The smallest absolute Gasteiger partial charge is 0.0612 e. The zero-order chi connectivity index (χ0) is 9.40. The molecule has 0 heterocycles. The Kier molecular flexibility index (Phi) is 6.29. The number of rotatable bonds is 1. The first-order valence-corrected chi connectivity index (χ1v) is 4.32. The summed E-state index contributed by atoms with van der Waals surface area (Å²) in [5, 5.41) is 2.62. The minimum absolute atomic E-state index is 1.34. The van der Waals surface area contributed by atoms with E-state index in [0.717, 1.165) is 0 Å². The summed E-state index contributed by atoms with van der Waals surface area (Å²) in [5.74, 6) is 0. The molecule has 1 nitrogen and oxygen atoms in total. The van der Waals surface area contributed by atoms with Gasteiger partial charge in [0.1, 0.15) is 0 Å². The minimum Gasteiger partial charge on any atom is -0.385 e. The van der Waals surface area contributed by atoms with E-state index in [1.165, 1.54) is 16.6 Å². The van der Waals surface area contributed by atoms with Crippen LogP contribution in [0.2, 0.25) is 0 Å². The second-order valence-corrected chi connectivity index (χ2v) is 2.80. The Morgan fingerprint density at radius 1 is 1.25 bits per heavy atom. The second-order valence-electron chi connectivity index (χ2n) is 2.56. The van der Waals surface area contributed by atoms with Gasteiger partial charge in [-0.2, -0.15) is 0 Å². The third-order valence-corrected chi connectivity index (χ3v) is 1.53. The molecule has 0 atom stereocenters. The van der Waals surface area contributed by atoms with Crippen LogP contribution in [0.15, 0.2) is 24.3 Å². The Labute approximate surface area is 79.8 Å². The van der Waals surface area contributed by atoms with Gasteiger partial charge in [0.05, 0.1) is 5.49 Å². The maximum absolute atomic E-state index is 4.32. The lowest BCUT2D eigenvalue weighted by atomic mass is 10.2. The van der Waals surface area contributed by atoms with Crippen molar-refractivity contribution in [3.05, 3.63) is 35.4 Å². The average Bonchev–Trinajstić information content (AvgIpc) is 2.04. The fraction of sp³-hybridized carbons (Fsp3) is 0.300. The molecule has 0 unspecified atom stereocenters. The van der Waals surface area contributed by atoms with Crippen LogP contribution in [-0.4, -0.2) is 12.5 Å². The summed E-state index contributed by atoms with van der Waals surface area (Å²) in [6.07, 6.45) is 0. The number of hydrogen-bond acceptors (Lipinski definition) is 1. The predicted molar refractivity (Wildman–Crippen MR) is 58.6 cm³/mol. The van der Waals surface area contributed by atoms with Crippen LogP contribution in [0.3, 0.4) is 0 Å². The molecule has 0 saturated carbocycles. The molecule has 0 saturated heterocycles. The van der Waals surface area contributed by atoms with E-state index in [-0.39, 0.29) is 0 Å². The molecule has 0 aliphatic carbocycles. The van der Waals surface area contributed by atoms with Crippen molar-refractivity contribution in [1.29, 1.82) is 0 Å². The van der Waals surface area contributed by atoms with Gasteiger partial charge in [0.2, 0.25) is 0 Å². The third-order valence-electron chi connectivity index (χ3n) is 1.29. The Bertz CT molecular complexity index is 216. The fourth-order valence-electron chi connectivity index (χ4n) is 0.807. The summed E-state index contributed by atoms with van der Waals surface area (Å²) in [6.45, 7) is 4.21. The van der Waals surface area contributed by atoms with Crippen molar-refractivity contribution in [3.8, 4) is 0 Å². The van der Waals surface area contributed by atoms with Gasteiger partial charge in [0.25, 0.3) is 0 Å². The largest absolute Gasteiger partial charge is 0.385 e. The molecule has 1 aromatic rings. The molecule has 0 radical (unpaired) electrons. The van der Waals surface area contributed by atoms with Crippen molar-refractivity contribution in [2.24, 2.45) is 0 Å². The number of hydrogen-bond donors (Lipinski definition) is 1. The van der Waals surface area contributed by atoms with Gasteiger partial charge in [-0.1, -0.05) is 47.6 Å². The third kappa shape index (κ3) is 5.86. The zero-order valence-electron chi connectivity index (χ0n) is 7.79. The van der Waals surface area contributed by atoms with Gasteiger partial charge in [0.15, 0.2) is 0 Å². The van der Waals surface area contributed by atoms with Crippen LogP contribution in [0.1, 0.15) is 11.1 Å². The summed E-state index contributed by atoms with van der Waals surface area (Å²) >= 11 is 4.32. The lowest BCUT2D eigenvalue weighted by Crippen LogP contribution is -1.95. The normalized spacial score (nSPS) is 7.92. The van der Waals surface area contributed by atoms with E-state index in [4.69, 9.17) is 0 Å². The van der Waals surface area contributed by atoms with Crippen LogP contribution in [0.4, 0.5) is 0 Å². The van der Waals surface area contributed by atoms with Crippen LogP contribution < -0.4 is 5.32 Å². The van der Waals surface area contributed by atoms with Gasteiger partial charge in [-0.15, -0.1) is 0 Å². The summed E-state index contributed by atoms with van der Waals surface area (Å²) < 4.78 is 0. The van der Waals surface area contributed by atoms with Gasteiger partial charge in [0, 0.05) is 7.05 Å². The number of thiocarbonyl (C=S) groups is 1. The highest BCUT2D eigenvalue weighted by atomic mass is 32.1. The predicted octanol–water partition coefficient (Wildman–Crippen LogP) is 2.47. The molecule has 1 N–H and O–H groups in total. The van der Waals surface area contributed by atoms with Crippen molar-refractivity contribution in [3.63, 3.8) is 0 Å². The molecule has 12 heavy (non-hydrogen) atoms. The number of aryl methyl sites for hydroxylation is 2. The van der Waals surface area contributed by atoms with Gasteiger partial charge >= 0.3 is 0 Å². The highest BCUT2D eigenvalue weighted by molar-refractivity contribution is 7.78. The van der Waals surface area contributed by atoms with Crippen molar-refractivity contribution >= 4 is 17.7 Å². The topological polar surface area (TPSA) is 12.0 Å². The Hall–Kier alpha value is -0.890. The quantitative estimate of drug-likeness (QED) is 0.668. The van der Waals surface area contributed by atoms with E-state index >= 15 is 0 Å². The van der Waals surface area contributed by atoms with Gasteiger partial charge in [-0.05, 0) is 13.8 Å². The van der Waals surface area contributed by atoms with E-state index in [1.807, 2.05) is 0 Å². The summed E-state index contributed by atoms with van der Waals surface area (Å²) in [7, 11) is 1.77. The Balaban J connectivity index is 0.000000261. The van der Waals surface area contributed by atoms with Crippen LogP contribution in [-0.2, 0) is 0 Å². The van der Waals surface area contributed by atoms with Crippen LogP contribution >= 0.6 is 12.2 Å². The summed E-state index contributed by atoms with van der Waals surface area (Å²) in [6, 6.07) is 8.45. The van der Waals surface area contributed by atoms with Crippen LogP contribution in [0.25, 0.3) is 0 Å². The second kappa shape index (κ2) is 6.80. The molecule has 0 amide bonds. The maximum atomic E-state index is 4.32. The molecule has 0 aliphatic heterocycles. The average molecular weight is 181 g/mol. The molecule has 1 aromatic carbocycles. The van der Waals surface area contributed by atoms with E-state index in [9.17, 15) is 0 Å². The minimum atomic E-state index is 1.34. The Morgan fingerprint density at radius 3 is 1.83 bits per heavy atom. The van der Waals surface area contributed by atoms with E-state index in [2.05, 4.69) is 55.6 Å². The van der Waals surface area contributed by atoms with Crippen molar-refractivity contribution in [1.82, 2.24) is 5.32 Å². The first-order valence-electron chi connectivity index (χ1n) is 3.85. The summed E-state index contributed by atoms with van der Waals surface area (Å²) in [5.41, 5.74) is 4.13. The first-order chi connectivity index (χ1) is 5.70. The molecule has 0 bridgehead atoms. The molecule has 2 heteroatoms. The standard InChI is InChI=1S/C8H10.C2H5NS/c1-7-4-3-5-8(2)6-7;1-3-2-4/h3-6H,1-2H3;2H,1H3,(H,3,4). The molecule has 66 valence electrons. The maximum Gasteiger partial charge on any atom is 0.0612 e. The highest BCUT2D eigenvalue weighted by Gasteiger charge is 1.80. The number of benzene rings is 1. The molecule has 0 aliphatic rings. The SMILES string of the molecule is CNC=S.Cc1cccc(C)c1. The lowest BCUT2D eigenvalue weighted by Gasteiger charge is -1.90. The lowest BCUT2D eigenvalue weighted by molar-refractivity contribution is 1.24. The van der Waals surface area contributed by atoms with E-state index < -0.39 is 0 Å². The summed E-state index contributed by atoms with van der Waals surface area (Å²) in [4.78, 5) is 0. The molecule has 1 rings (SSSR count). The van der Waals surface area contributed by atoms with Gasteiger partial charge in [-0.25, -0.2) is 0 Å². The highest BCUT2D eigenvalue weighted by Crippen LogP contribution is 2.00. The zero-order valence-corrected chi connectivity index (χ0v) is 8.61. The Morgan fingerprint density at radius 2 is 1.67 bits per heavy atom. The molecule has 0 fully saturated rings. The van der Waals surface area contributed by atoms with Crippen molar-refractivity contribution in [2.75, 3.05) is 7.05 Å². The van der Waals surface area contributed by atoms with Crippen LogP contribution in [0, 0.1) is 13.8 Å². The monoisotopic (exact) mass is 181 g/mol. The van der Waals surface area contributed by atoms with Crippen molar-refractivity contribution < 1.29 is 0 Å². The van der Waals surface area contributed by atoms with E-state index in [1.54, 1.807) is 7.05 Å². The van der Waals surface area contributed by atoms with E-state index in [0.29, 0.717) is 0 Å². The van der Waals surface area contributed by atoms with Crippen molar-refractivity contribution in [2.45, 2.75) is 13.8 Å². The van der Waals surface area contributed by atoms with Crippen LogP contribution in [0.5, 0.6) is 0 Å². The van der Waals surface area contributed by atoms with Gasteiger partial charge < -0.3 is 5.32 Å². The molecule has 0 spiro atoms. The molecular weight excluding hydrogens is 166 g/mol. The van der Waals surface area contributed by atoms with Gasteiger partial charge in [-0.3, -0.25) is 0 Å². The fourth-order valence-corrected chi connectivity index (χ4v) is 0.807. The molecule has 0 aromatic heterocycles. The molecular formula is C10H15NS. The first kappa shape index (κ1) is 11.1.